The summed E-state index contributed by atoms with van der Waals surface area (Å²) in [6, 6.07) is 10.9. The number of hydrogen-bond donors (Lipinski definition) is 0. The summed E-state index contributed by atoms with van der Waals surface area (Å²) in [6.07, 6.45) is 1.63. The minimum atomic E-state index is -0.199. The van der Waals surface area contributed by atoms with Crippen LogP contribution in [0.1, 0.15) is 15.9 Å². The van der Waals surface area contributed by atoms with E-state index in [2.05, 4.69) is 15.5 Å². The van der Waals surface area contributed by atoms with Crippen molar-refractivity contribution in [2.75, 3.05) is 26.7 Å². The Morgan fingerprint density at radius 3 is 2.93 bits per heavy atom. The largest absolute Gasteiger partial charge is 0.497 e. The van der Waals surface area contributed by atoms with E-state index in [4.69, 9.17) is 4.74 Å². The lowest BCUT2D eigenvalue weighted by Gasteiger charge is -2.34. The Hall–Kier alpha value is -3.49. The number of methoxy groups -OCH3 is 1. The van der Waals surface area contributed by atoms with Crippen molar-refractivity contribution < 1.29 is 14.3 Å². The van der Waals surface area contributed by atoms with E-state index in [0.29, 0.717) is 30.8 Å². The van der Waals surface area contributed by atoms with Gasteiger partial charge in [-0.1, -0.05) is 12.1 Å². The number of carbonyl (C=O) groups excluding carboxylic acids is 2. The molecular weight excluding hydrogens is 348 g/mol. The maximum absolute atomic E-state index is 12.7. The molecule has 1 aromatic carbocycles. The van der Waals surface area contributed by atoms with Crippen molar-refractivity contribution in [1.29, 1.82) is 0 Å². The first-order valence-corrected chi connectivity index (χ1v) is 8.52. The van der Waals surface area contributed by atoms with Crippen LogP contribution in [0, 0.1) is 0 Å². The zero-order valence-corrected chi connectivity index (χ0v) is 14.8. The third-order valence-corrected chi connectivity index (χ3v) is 4.56. The monoisotopic (exact) mass is 366 g/mol. The van der Waals surface area contributed by atoms with Crippen molar-refractivity contribution in [2.24, 2.45) is 0 Å². The van der Waals surface area contributed by atoms with Crippen LogP contribution < -0.4 is 4.74 Å². The fourth-order valence-electron chi connectivity index (χ4n) is 3.10. The van der Waals surface area contributed by atoms with Gasteiger partial charge in [-0.25, -0.2) is 4.52 Å². The highest BCUT2D eigenvalue weighted by Crippen LogP contribution is 2.17. The van der Waals surface area contributed by atoms with Crippen LogP contribution in [-0.4, -0.2) is 68.4 Å². The van der Waals surface area contributed by atoms with Gasteiger partial charge in [0, 0.05) is 31.4 Å². The fourth-order valence-corrected chi connectivity index (χ4v) is 3.10. The Balaban J connectivity index is 1.43. The summed E-state index contributed by atoms with van der Waals surface area (Å²) in [4.78, 5) is 28.6. The Morgan fingerprint density at radius 2 is 2.11 bits per heavy atom. The van der Waals surface area contributed by atoms with E-state index >= 15 is 0 Å². The number of pyridine rings is 1. The highest BCUT2D eigenvalue weighted by atomic mass is 16.5. The number of hydrogen-bond acceptors (Lipinski definition) is 6. The van der Waals surface area contributed by atoms with Crippen LogP contribution in [0.2, 0.25) is 0 Å². The van der Waals surface area contributed by atoms with E-state index < -0.39 is 0 Å². The van der Waals surface area contributed by atoms with Crippen molar-refractivity contribution in [3.8, 4) is 5.75 Å². The van der Waals surface area contributed by atoms with Crippen LogP contribution in [0.4, 0.5) is 0 Å². The lowest BCUT2D eigenvalue weighted by atomic mass is 10.1. The molecule has 0 spiro atoms. The number of benzene rings is 1. The van der Waals surface area contributed by atoms with Gasteiger partial charge < -0.3 is 14.5 Å². The highest BCUT2D eigenvalue weighted by Gasteiger charge is 2.28. The molecule has 138 valence electrons. The molecule has 2 amide bonds. The normalized spacial score (nSPS) is 14.6. The van der Waals surface area contributed by atoms with Gasteiger partial charge in [-0.05, 0) is 40.3 Å². The van der Waals surface area contributed by atoms with Crippen LogP contribution in [0.15, 0.2) is 42.6 Å². The SMILES string of the molecule is COc1cccc(CN2CCN(C(=O)c3ccn4nnnc4c3)CC2=O)c1. The first-order chi connectivity index (χ1) is 13.1. The van der Waals surface area contributed by atoms with E-state index in [9.17, 15) is 9.59 Å². The van der Waals surface area contributed by atoms with E-state index in [-0.39, 0.29) is 18.4 Å². The minimum absolute atomic E-state index is 0.0545. The number of tetrazole rings is 1. The molecule has 1 aliphatic heterocycles. The molecule has 9 heteroatoms. The van der Waals surface area contributed by atoms with Crippen molar-refractivity contribution >= 4 is 17.5 Å². The van der Waals surface area contributed by atoms with Gasteiger partial charge in [0.25, 0.3) is 5.91 Å². The van der Waals surface area contributed by atoms with Gasteiger partial charge in [0.15, 0.2) is 5.65 Å². The molecule has 0 saturated carbocycles. The number of piperazine rings is 1. The average Bonchev–Trinajstić information content (AvgIpc) is 3.17. The Bertz CT molecular complexity index is 1000. The van der Waals surface area contributed by atoms with Gasteiger partial charge in [0.1, 0.15) is 12.3 Å². The zero-order valence-electron chi connectivity index (χ0n) is 14.8. The van der Waals surface area contributed by atoms with Gasteiger partial charge >= 0.3 is 0 Å². The Kier molecular flexibility index (Phi) is 4.41. The molecule has 27 heavy (non-hydrogen) atoms. The van der Waals surface area contributed by atoms with Gasteiger partial charge in [0.2, 0.25) is 5.91 Å². The van der Waals surface area contributed by atoms with Crippen molar-refractivity contribution in [3.63, 3.8) is 0 Å². The maximum Gasteiger partial charge on any atom is 0.254 e. The van der Waals surface area contributed by atoms with Crippen LogP contribution in [-0.2, 0) is 11.3 Å². The lowest BCUT2D eigenvalue weighted by Crippen LogP contribution is -2.51. The van der Waals surface area contributed by atoms with Crippen LogP contribution in [0.5, 0.6) is 5.75 Å². The number of aromatic nitrogens is 4. The second-order valence-corrected chi connectivity index (χ2v) is 6.29. The second-order valence-electron chi connectivity index (χ2n) is 6.29. The summed E-state index contributed by atoms with van der Waals surface area (Å²) in [6.45, 7) is 1.51. The predicted molar refractivity (Wildman–Crippen MR) is 95.1 cm³/mol. The topological polar surface area (TPSA) is 92.9 Å². The van der Waals surface area contributed by atoms with Crippen molar-refractivity contribution in [3.05, 3.63) is 53.7 Å². The molecule has 2 aromatic heterocycles. The smallest absolute Gasteiger partial charge is 0.254 e. The molecule has 0 N–H and O–H groups in total. The average molecular weight is 366 g/mol. The number of amides is 2. The quantitative estimate of drug-likeness (QED) is 0.672. The second kappa shape index (κ2) is 7.02. The molecule has 1 fully saturated rings. The van der Waals surface area contributed by atoms with E-state index in [0.717, 1.165) is 11.3 Å². The molecule has 0 bridgehead atoms. The third kappa shape index (κ3) is 3.43. The number of ether oxygens (including phenoxy) is 1. The molecular formula is C18H18N6O3. The first-order valence-electron chi connectivity index (χ1n) is 8.52. The Labute approximate surface area is 155 Å². The first kappa shape index (κ1) is 17.0. The molecule has 1 saturated heterocycles. The summed E-state index contributed by atoms with van der Waals surface area (Å²) >= 11 is 0. The molecule has 9 nitrogen and oxygen atoms in total. The van der Waals surface area contributed by atoms with Crippen LogP contribution in [0.3, 0.4) is 0 Å². The maximum atomic E-state index is 12.7. The molecule has 3 aromatic rings. The van der Waals surface area contributed by atoms with Crippen molar-refractivity contribution in [2.45, 2.75) is 6.54 Å². The summed E-state index contributed by atoms with van der Waals surface area (Å²) in [5.41, 5.74) is 1.95. The van der Waals surface area contributed by atoms with Gasteiger partial charge in [-0.2, -0.15) is 0 Å². The van der Waals surface area contributed by atoms with E-state index in [1.165, 1.54) is 4.52 Å². The van der Waals surface area contributed by atoms with Gasteiger partial charge in [-0.15, -0.1) is 5.10 Å². The summed E-state index contributed by atoms with van der Waals surface area (Å²) in [5.74, 6) is 0.477. The summed E-state index contributed by atoms with van der Waals surface area (Å²) < 4.78 is 6.70. The molecule has 3 heterocycles. The zero-order chi connectivity index (χ0) is 18.8. The molecule has 0 radical (unpaired) electrons. The fraction of sp³-hybridized carbons (Fsp3) is 0.278. The Morgan fingerprint density at radius 1 is 1.22 bits per heavy atom. The summed E-state index contributed by atoms with van der Waals surface area (Å²) in [5, 5.41) is 11.2. The lowest BCUT2D eigenvalue weighted by molar-refractivity contribution is -0.135. The van der Waals surface area contributed by atoms with Crippen LogP contribution in [0.25, 0.3) is 5.65 Å². The number of carbonyl (C=O) groups is 2. The summed E-state index contributed by atoms with van der Waals surface area (Å²) in [7, 11) is 1.61. The van der Waals surface area contributed by atoms with E-state index in [1.807, 2.05) is 24.3 Å². The standard InChI is InChI=1S/C18H18N6O3/c1-27-15-4-2-3-13(9-15)11-22-7-8-23(12-17(22)25)18(26)14-5-6-24-16(10-14)19-20-21-24/h2-6,9-10H,7-8,11-12H2,1H3. The third-order valence-electron chi connectivity index (χ3n) is 4.56. The van der Waals surface area contributed by atoms with Crippen molar-refractivity contribution in [1.82, 2.24) is 29.8 Å². The highest BCUT2D eigenvalue weighted by molar-refractivity contribution is 5.97. The molecule has 1 aliphatic rings. The minimum Gasteiger partial charge on any atom is -0.497 e. The number of rotatable bonds is 4. The molecule has 0 atom stereocenters. The number of nitrogens with zero attached hydrogens (tertiary/aromatic N) is 6. The molecule has 0 aliphatic carbocycles. The van der Waals surface area contributed by atoms with Gasteiger partial charge in [0.05, 0.1) is 7.11 Å². The predicted octanol–water partition coefficient (Wildman–Crippen LogP) is 0.617. The van der Waals surface area contributed by atoms with Crippen LogP contribution >= 0.6 is 0 Å². The van der Waals surface area contributed by atoms with E-state index in [1.54, 1.807) is 35.2 Å². The molecule has 0 unspecified atom stereocenters. The number of fused-ring (bicyclic) bond motifs is 1. The van der Waals surface area contributed by atoms with Gasteiger partial charge in [-0.3, -0.25) is 9.59 Å². The molecule has 4 rings (SSSR count).